The predicted octanol–water partition coefficient (Wildman–Crippen LogP) is 1.34. The van der Waals surface area contributed by atoms with Crippen LogP contribution in [0.15, 0.2) is 29.2 Å². The topological polar surface area (TPSA) is 118 Å². The van der Waals surface area contributed by atoms with E-state index in [-0.39, 0.29) is 37.3 Å². The third kappa shape index (κ3) is 4.06. The van der Waals surface area contributed by atoms with E-state index in [0.717, 1.165) is 12.1 Å². The Morgan fingerprint density at radius 2 is 2.03 bits per heavy atom. The highest BCUT2D eigenvalue weighted by atomic mass is 19.1. The Kier molecular flexibility index (Phi) is 5.88. The number of hydrogen-bond acceptors (Lipinski definition) is 6. The molecule has 11 heteroatoms. The lowest BCUT2D eigenvalue weighted by atomic mass is 9.97. The van der Waals surface area contributed by atoms with E-state index in [1.165, 1.54) is 22.8 Å². The van der Waals surface area contributed by atoms with Crippen molar-refractivity contribution in [2.45, 2.75) is 25.4 Å². The molecule has 1 saturated heterocycles. The van der Waals surface area contributed by atoms with Crippen LogP contribution in [0.1, 0.15) is 45.3 Å². The number of carbonyl (C=O) groups excluding carboxylic acids is 3. The molecule has 2 amide bonds. The van der Waals surface area contributed by atoms with Gasteiger partial charge in [0.25, 0.3) is 11.8 Å². The van der Waals surface area contributed by atoms with Gasteiger partial charge in [0.2, 0.25) is 5.43 Å². The van der Waals surface area contributed by atoms with E-state index >= 15 is 0 Å². The Hall–Kier alpha value is -3.76. The largest absolute Gasteiger partial charge is 0.503 e. The van der Waals surface area contributed by atoms with Gasteiger partial charge in [0.1, 0.15) is 17.2 Å². The van der Waals surface area contributed by atoms with Gasteiger partial charge in [0.05, 0.1) is 19.1 Å². The molecular weight excluding hydrogens is 440 g/mol. The van der Waals surface area contributed by atoms with Crippen LogP contribution in [-0.4, -0.2) is 52.6 Å². The van der Waals surface area contributed by atoms with Crippen LogP contribution in [0.2, 0.25) is 0 Å². The van der Waals surface area contributed by atoms with Crippen LogP contribution in [0.3, 0.4) is 0 Å². The molecule has 2 aromatic rings. The minimum Gasteiger partial charge on any atom is -0.503 e. The van der Waals surface area contributed by atoms with E-state index in [1.54, 1.807) is 0 Å². The van der Waals surface area contributed by atoms with E-state index in [9.17, 15) is 33.1 Å². The number of aromatic nitrogens is 1. The summed E-state index contributed by atoms with van der Waals surface area (Å²) in [7, 11) is 1.27. The number of nitrogens with zero attached hydrogens (tertiary/aromatic N) is 2. The molecule has 0 spiro atoms. The van der Waals surface area contributed by atoms with Gasteiger partial charge < -0.3 is 24.6 Å². The molecule has 0 aliphatic carbocycles. The van der Waals surface area contributed by atoms with Gasteiger partial charge in [-0.15, -0.1) is 0 Å². The molecule has 2 atom stereocenters. The third-order valence-corrected chi connectivity index (χ3v) is 6.06. The van der Waals surface area contributed by atoms with E-state index in [4.69, 9.17) is 4.74 Å². The lowest BCUT2D eigenvalue weighted by Crippen LogP contribution is -2.44. The van der Waals surface area contributed by atoms with E-state index in [2.05, 4.69) is 5.32 Å². The van der Waals surface area contributed by atoms with Crippen LogP contribution in [0.4, 0.5) is 8.78 Å². The minimum absolute atomic E-state index is 0.00235. The fraction of sp³-hybridized carbons (Fsp3) is 0.364. The quantitative estimate of drug-likeness (QED) is 0.664. The van der Waals surface area contributed by atoms with Crippen molar-refractivity contribution in [3.05, 3.63) is 63.1 Å². The molecule has 1 fully saturated rings. The number of hydrogen-bond donors (Lipinski definition) is 2. The second-order valence-corrected chi connectivity index (χ2v) is 8.04. The molecule has 3 heterocycles. The molecule has 33 heavy (non-hydrogen) atoms. The summed E-state index contributed by atoms with van der Waals surface area (Å²) < 4.78 is 33.1. The van der Waals surface area contributed by atoms with Gasteiger partial charge in [-0.3, -0.25) is 19.2 Å². The van der Waals surface area contributed by atoms with Gasteiger partial charge in [0, 0.05) is 37.5 Å². The summed E-state index contributed by atoms with van der Waals surface area (Å²) in [5.41, 5.74) is -1.74. The molecule has 1 aromatic heterocycles. The molecule has 2 N–H and O–H groups in total. The van der Waals surface area contributed by atoms with Crippen LogP contribution in [0.5, 0.6) is 5.75 Å². The van der Waals surface area contributed by atoms with Crippen LogP contribution >= 0.6 is 0 Å². The number of aromatic hydroxyl groups is 1. The Balaban J connectivity index is 1.67. The molecule has 2 aliphatic rings. The number of amides is 2. The van der Waals surface area contributed by atoms with E-state index in [1.807, 2.05) is 0 Å². The standard InChI is InChI=1S/C22H21F2N3O6/c1-33-22(32)11-4-5-26-9-14(6-11)27-10-15(18(28)19(29)17(27)21(26)31)20(30)25-8-12-2-3-13(23)7-16(12)24/h2-3,7,10-11,14,29H,4-6,8-9H2,1H3,(H,25,30). The molecule has 4 rings (SSSR count). The highest BCUT2D eigenvalue weighted by Crippen LogP contribution is 2.34. The summed E-state index contributed by atoms with van der Waals surface area (Å²) in [5.74, 6) is -4.90. The number of nitrogens with one attached hydrogen (secondary N) is 1. The summed E-state index contributed by atoms with van der Waals surface area (Å²) in [6.07, 6.45) is 1.83. The summed E-state index contributed by atoms with van der Waals surface area (Å²) in [6, 6.07) is 2.39. The van der Waals surface area contributed by atoms with Gasteiger partial charge in [-0.1, -0.05) is 6.07 Å². The minimum atomic E-state index is -1.05. The molecule has 0 saturated carbocycles. The van der Waals surface area contributed by atoms with Crippen LogP contribution in [0, 0.1) is 17.6 Å². The molecule has 2 aliphatic heterocycles. The average molecular weight is 461 g/mol. The number of ether oxygens (including phenoxy) is 1. The van der Waals surface area contributed by atoms with Crippen molar-refractivity contribution in [1.29, 1.82) is 0 Å². The van der Waals surface area contributed by atoms with Crippen LogP contribution in [0.25, 0.3) is 0 Å². The first-order chi connectivity index (χ1) is 15.7. The first-order valence-electron chi connectivity index (χ1n) is 10.3. The number of fused-ring (bicyclic) bond motifs is 4. The smallest absolute Gasteiger partial charge is 0.308 e. The zero-order chi connectivity index (χ0) is 23.9. The number of carbonyl (C=O) groups is 3. The number of esters is 1. The zero-order valence-electron chi connectivity index (χ0n) is 17.6. The van der Waals surface area contributed by atoms with Crippen molar-refractivity contribution in [3.8, 4) is 5.75 Å². The van der Waals surface area contributed by atoms with Gasteiger partial charge in [0.15, 0.2) is 11.4 Å². The number of rotatable bonds is 4. The SMILES string of the molecule is COC(=O)C1CCN2CC(C1)n1cc(C(=O)NCc3ccc(F)cc3F)c(=O)c(O)c1C2=O. The van der Waals surface area contributed by atoms with E-state index in [0.29, 0.717) is 12.5 Å². The fourth-order valence-electron chi connectivity index (χ4n) is 4.31. The predicted molar refractivity (Wildman–Crippen MR) is 110 cm³/mol. The van der Waals surface area contributed by atoms with Crippen molar-refractivity contribution < 1.29 is 33.0 Å². The lowest BCUT2D eigenvalue weighted by Gasteiger charge is -2.34. The molecule has 1 aromatic carbocycles. The third-order valence-electron chi connectivity index (χ3n) is 6.06. The number of benzene rings is 1. The van der Waals surface area contributed by atoms with Gasteiger partial charge in [-0.2, -0.15) is 0 Å². The zero-order valence-corrected chi connectivity index (χ0v) is 17.6. The Bertz CT molecular complexity index is 1210. The van der Waals surface area contributed by atoms with Crippen molar-refractivity contribution >= 4 is 17.8 Å². The van der Waals surface area contributed by atoms with Crippen LogP contribution in [-0.2, 0) is 16.1 Å². The van der Waals surface area contributed by atoms with Gasteiger partial charge >= 0.3 is 5.97 Å². The van der Waals surface area contributed by atoms with Crippen molar-refractivity contribution in [3.63, 3.8) is 0 Å². The number of halogens is 2. The fourth-order valence-corrected chi connectivity index (χ4v) is 4.31. The molecule has 9 nitrogen and oxygen atoms in total. The molecule has 2 bridgehead atoms. The second kappa shape index (κ2) is 8.64. The molecule has 174 valence electrons. The van der Waals surface area contributed by atoms with Gasteiger partial charge in [-0.25, -0.2) is 8.78 Å². The van der Waals surface area contributed by atoms with Crippen LogP contribution < -0.4 is 10.7 Å². The maximum atomic E-state index is 13.8. The number of pyridine rings is 1. The Morgan fingerprint density at radius 1 is 1.27 bits per heavy atom. The molecule has 2 unspecified atom stereocenters. The monoisotopic (exact) mass is 461 g/mol. The van der Waals surface area contributed by atoms with Crippen molar-refractivity contribution in [2.24, 2.45) is 5.92 Å². The first-order valence-corrected chi connectivity index (χ1v) is 10.3. The second-order valence-electron chi connectivity index (χ2n) is 8.04. The maximum absolute atomic E-state index is 13.8. The molecular formula is C22H21F2N3O6. The van der Waals surface area contributed by atoms with Gasteiger partial charge in [-0.05, 0) is 18.9 Å². The maximum Gasteiger partial charge on any atom is 0.308 e. The highest BCUT2D eigenvalue weighted by molar-refractivity contribution is 5.99. The van der Waals surface area contributed by atoms with E-state index < -0.39 is 58.1 Å². The normalized spacial score (nSPS) is 19.5. The number of methoxy groups -OCH3 is 1. The highest BCUT2D eigenvalue weighted by Gasteiger charge is 2.40. The summed E-state index contributed by atoms with van der Waals surface area (Å²) in [6.45, 7) is 0.172. The first kappa shape index (κ1) is 22.4. The van der Waals surface area contributed by atoms with Crippen molar-refractivity contribution in [1.82, 2.24) is 14.8 Å². The summed E-state index contributed by atoms with van der Waals surface area (Å²) >= 11 is 0. The molecule has 0 radical (unpaired) electrons. The summed E-state index contributed by atoms with van der Waals surface area (Å²) in [5, 5.41) is 12.9. The Labute approximate surface area is 186 Å². The average Bonchev–Trinajstić information content (AvgIpc) is 2.99. The lowest BCUT2D eigenvalue weighted by molar-refractivity contribution is -0.146. The van der Waals surface area contributed by atoms with Crippen molar-refractivity contribution in [2.75, 3.05) is 20.2 Å². The Morgan fingerprint density at radius 3 is 2.73 bits per heavy atom. The summed E-state index contributed by atoms with van der Waals surface area (Å²) in [4.78, 5) is 51.8.